The van der Waals surface area contributed by atoms with Crippen LogP contribution in [0.3, 0.4) is 0 Å². The fourth-order valence-corrected chi connectivity index (χ4v) is 4.95. The lowest BCUT2D eigenvalue weighted by molar-refractivity contribution is -0.141. The molecule has 2 aromatic rings. The number of sulfonamides is 1. The zero-order valence-electron chi connectivity index (χ0n) is 21.5. The van der Waals surface area contributed by atoms with Gasteiger partial charge in [-0.1, -0.05) is 50.6 Å². The first kappa shape index (κ1) is 30.5. The van der Waals surface area contributed by atoms with Gasteiger partial charge < -0.3 is 10.2 Å². The number of hydrogen-bond donors (Lipinski definition) is 1. The van der Waals surface area contributed by atoms with Gasteiger partial charge >= 0.3 is 0 Å². The molecule has 0 aromatic heterocycles. The molecule has 2 amide bonds. The maximum Gasteiger partial charge on any atom is 0.242 e. The first-order chi connectivity index (χ1) is 17.3. The maximum atomic E-state index is 13.7. The van der Waals surface area contributed by atoms with Crippen LogP contribution in [0.25, 0.3) is 0 Å². The number of hydrogen-bond acceptors (Lipinski definition) is 4. The summed E-state index contributed by atoms with van der Waals surface area (Å²) in [5.41, 5.74) is 0.633. The van der Waals surface area contributed by atoms with E-state index >= 15 is 0 Å². The number of carbonyl (C=O) groups excluding carboxylic acids is 2. The Hall–Kier alpha value is -2.72. The zero-order valence-corrected chi connectivity index (χ0v) is 23.1. The van der Waals surface area contributed by atoms with Gasteiger partial charge in [0.25, 0.3) is 0 Å². The minimum Gasteiger partial charge on any atom is -0.354 e. The van der Waals surface area contributed by atoms with Crippen LogP contribution in [0.15, 0.2) is 42.5 Å². The van der Waals surface area contributed by atoms with Crippen molar-refractivity contribution in [1.82, 2.24) is 10.2 Å². The molecular weight excluding hydrogens is 524 g/mol. The number of carbonyl (C=O) groups is 2. The van der Waals surface area contributed by atoms with Crippen LogP contribution < -0.4 is 9.62 Å². The summed E-state index contributed by atoms with van der Waals surface area (Å²) < 4.78 is 52.7. The van der Waals surface area contributed by atoms with E-state index in [0.29, 0.717) is 23.6 Å². The van der Waals surface area contributed by atoms with Gasteiger partial charge in [-0.25, -0.2) is 17.2 Å². The highest BCUT2D eigenvalue weighted by atomic mass is 35.5. The number of amides is 2. The van der Waals surface area contributed by atoms with Crippen molar-refractivity contribution in [1.29, 1.82) is 0 Å². The number of anilines is 1. The molecule has 0 aliphatic rings. The number of rotatable bonds is 13. The molecule has 37 heavy (non-hydrogen) atoms. The fourth-order valence-electron chi connectivity index (χ4n) is 3.80. The van der Waals surface area contributed by atoms with E-state index in [2.05, 4.69) is 5.32 Å². The van der Waals surface area contributed by atoms with Crippen molar-refractivity contribution >= 4 is 39.1 Å². The molecule has 1 atom stereocenters. The van der Waals surface area contributed by atoms with E-state index in [1.807, 2.05) is 13.8 Å². The molecule has 2 aromatic carbocycles. The maximum absolute atomic E-state index is 13.7. The number of halogens is 3. The van der Waals surface area contributed by atoms with E-state index in [9.17, 15) is 26.8 Å². The molecule has 2 rings (SSSR count). The summed E-state index contributed by atoms with van der Waals surface area (Å²) >= 11 is 6.32. The first-order valence-corrected chi connectivity index (χ1v) is 14.3. The molecule has 0 radical (unpaired) electrons. The summed E-state index contributed by atoms with van der Waals surface area (Å²) in [7, 11) is -3.83. The summed E-state index contributed by atoms with van der Waals surface area (Å²) in [4.78, 5) is 27.8. The number of nitrogens with zero attached hydrogens (tertiary/aromatic N) is 2. The molecule has 0 aliphatic heterocycles. The van der Waals surface area contributed by atoms with Crippen LogP contribution >= 0.6 is 11.6 Å². The van der Waals surface area contributed by atoms with Gasteiger partial charge in [0.05, 0.1) is 11.9 Å². The predicted molar refractivity (Wildman–Crippen MR) is 142 cm³/mol. The molecule has 7 nitrogen and oxygen atoms in total. The lowest BCUT2D eigenvalue weighted by Gasteiger charge is -2.31. The van der Waals surface area contributed by atoms with Crippen molar-refractivity contribution in [3.8, 4) is 0 Å². The van der Waals surface area contributed by atoms with Crippen LogP contribution in [0.1, 0.15) is 45.6 Å². The largest absolute Gasteiger partial charge is 0.354 e. The monoisotopic (exact) mass is 557 g/mol. The molecule has 0 aliphatic carbocycles. The smallest absolute Gasteiger partial charge is 0.242 e. The van der Waals surface area contributed by atoms with Crippen molar-refractivity contribution in [2.24, 2.45) is 5.92 Å². The van der Waals surface area contributed by atoms with Crippen molar-refractivity contribution in [3.05, 3.63) is 64.7 Å². The Kier molecular flexibility index (Phi) is 11.3. The van der Waals surface area contributed by atoms with Crippen molar-refractivity contribution in [2.45, 2.75) is 52.6 Å². The van der Waals surface area contributed by atoms with E-state index in [-0.39, 0.29) is 49.4 Å². The molecule has 204 valence electrons. The topological polar surface area (TPSA) is 86.8 Å². The Morgan fingerprint density at radius 2 is 1.76 bits per heavy atom. The van der Waals surface area contributed by atoms with Crippen LogP contribution in [-0.4, -0.2) is 50.5 Å². The summed E-state index contributed by atoms with van der Waals surface area (Å²) in [5, 5.41) is 3.33. The Morgan fingerprint density at radius 3 is 2.32 bits per heavy atom. The average Bonchev–Trinajstić information content (AvgIpc) is 2.82. The SMILES string of the molecule is CC[C@H](C(=O)NCC(C)C)N(Cc1ccccc1Cl)C(=O)CCCN(c1ccc(F)c(F)c1)S(C)(=O)=O. The molecular formula is C26H34ClF2N3O4S. The van der Waals surface area contributed by atoms with E-state index in [1.54, 1.807) is 31.2 Å². The lowest BCUT2D eigenvalue weighted by atomic mass is 10.1. The third kappa shape index (κ3) is 8.96. The third-order valence-corrected chi connectivity index (χ3v) is 7.28. The van der Waals surface area contributed by atoms with E-state index in [0.717, 1.165) is 28.8 Å². The Bertz CT molecular complexity index is 1190. The highest BCUT2D eigenvalue weighted by Crippen LogP contribution is 2.23. The zero-order chi connectivity index (χ0) is 27.8. The van der Waals surface area contributed by atoms with Crippen molar-refractivity contribution in [3.63, 3.8) is 0 Å². The van der Waals surface area contributed by atoms with E-state index in [1.165, 1.54) is 4.90 Å². The standard InChI is InChI=1S/C26H34ClF2N3O4S/c1-5-24(26(34)30-16-18(2)3)31(17-19-9-6-7-10-21(19)27)25(33)11-8-14-32(37(4,35)36)20-12-13-22(28)23(29)15-20/h6-7,9-10,12-13,15,18,24H,5,8,11,14,16-17H2,1-4H3,(H,30,34)/t24-/m1/s1. The molecule has 1 N–H and O–H groups in total. The van der Waals surface area contributed by atoms with Crippen LogP contribution in [0.4, 0.5) is 14.5 Å². The van der Waals surface area contributed by atoms with Gasteiger partial charge in [-0.2, -0.15) is 0 Å². The molecule has 0 saturated carbocycles. The second-order valence-corrected chi connectivity index (χ2v) is 11.5. The summed E-state index contributed by atoms with van der Waals surface area (Å²) in [6, 6.07) is 9.09. The Morgan fingerprint density at radius 1 is 1.08 bits per heavy atom. The molecule has 0 bridgehead atoms. The fraction of sp³-hybridized carbons (Fsp3) is 0.462. The van der Waals surface area contributed by atoms with Gasteiger partial charge in [0.2, 0.25) is 21.8 Å². The van der Waals surface area contributed by atoms with Gasteiger partial charge in [-0.05, 0) is 42.5 Å². The molecule has 0 fully saturated rings. The minimum absolute atomic E-state index is 0.0405. The van der Waals surface area contributed by atoms with Crippen LogP contribution in [0.5, 0.6) is 0 Å². The molecule has 11 heteroatoms. The minimum atomic E-state index is -3.83. The molecule has 0 spiro atoms. The highest BCUT2D eigenvalue weighted by Gasteiger charge is 2.29. The van der Waals surface area contributed by atoms with Gasteiger partial charge in [0.1, 0.15) is 6.04 Å². The van der Waals surface area contributed by atoms with E-state index < -0.39 is 27.7 Å². The number of nitrogens with one attached hydrogen (secondary N) is 1. The van der Waals surface area contributed by atoms with Crippen LogP contribution in [0.2, 0.25) is 5.02 Å². The average molecular weight is 558 g/mol. The molecule has 0 saturated heterocycles. The van der Waals surface area contributed by atoms with Crippen LogP contribution in [0, 0.1) is 17.6 Å². The van der Waals surface area contributed by atoms with E-state index in [4.69, 9.17) is 11.6 Å². The normalized spacial score (nSPS) is 12.3. The summed E-state index contributed by atoms with van der Waals surface area (Å²) in [6.45, 7) is 6.17. The molecule has 0 unspecified atom stereocenters. The summed E-state index contributed by atoms with van der Waals surface area (Å²) in [6.07, 6.45) is 1.33. The van der Waals surface area contributed by atoms with Crippen molar-refractivity contribution in [2.75, 3.05) is 23.7 Å². The van der Waals surface area contributed by atoms with Gasteiger partial charge in [-0.3, -0.25) is 13.9 Å². The highest BCUT2D eigenvalue weighted by molar-refractivity contribution is 7.92. The molecule has 0 heterocycles. The first-order valence-electron chi connectivity index (χ1n) is 12.1. The van der Waals surface area contributed by atoms with Gasteiger partial charge in [-0.15, -0.1) is 0 Å². The second kappa shape index (κ2) is 13.7. The predicted octanol–water partition coefficient (Wildman–Crippen LogP) is 4.74. The number of benzene rings is 2. The Balaban J connectivity index is 2.24. The second-order valence-electron chi connectivity index (χ2n) is 9.21. The summed E-state index contributed by atoms with van der Waals surface area (Å²) in [5.74, 6) is -2.68. The third-order valence-electron chi connectivity index (χ3n) is 5.71. The van der Waals surface area contributed by atoms with Gasteiger partial charge in [0.15, 0.2) is 11.6 Å². The van der Waals surface area contributed by atoms with Gasteiger partial charge in [0, 0.05) is 37.1 Å². The van der Waals surface area contributed by atoms with Crippen molar-refractivity contribution < 1.29 is 26.8 Å². The van der Waals surface area contributed by atoms with Crippen LogP contribution in [-0.2, 0) is 26.2 Å². The lowest BCUT2D eigenvalue weighted by Crippen LogP contribution is -2.49. The quantitative estimate of drug-likeness (QED) is 0.385. The Labute approximate surface area is 222 Å².